The number of carbonyl (C=O) groups is 2. The minimum atomic E-state index is -0.363. The zero-order valence-corrected chi connectivity index (χ0v) is 14.7. The molecule has 9 nitrogen and oxygen atoms in total. The molecule has 138 valence electrons. The number of nitrogens with zero attached hydrogens (tertiary/aromatic N) is 4. The van der Waals surface area contributed by atoms with E-state index in [1.165, 1.54) is 0 Å². The SMILES string of the molecule is CCOC(=O)N1CCN(C(=O)c2nnc(-c3cccc(OC)c3)o2)CC1. The van der Waals surface area contributed by atoms with Gasteiger partial charge in [-0.1, -0.05) is 6.07 Å². The molecule has 1 saturated heterocycles. The standard InChI is InChI=1S/C17H20N4O5/c1-3-25-17(23)21-9-7-20(8-10-21)16(22)15-19-18-14(26-15)12-5-4-6-13(11-12)24-2/h4-6,11H,3,7-10H2,1-2H3. The Morgan fingerprint density at radius 2 is 1.88 bits per heavy atom. The Balaban J connectivity index is 1.64. The van der Waals surface area contributed by atoms with Crippen LogP contribution in [0.3, 0.4) is 0 Å². The van der Waals surface area contributed by atoms with E-state index < -0.39 is 0 Å². The van der Waals surface area contributed by atoms with Crippen molar-refractivity contribution in [3.63, 3.8) is 0 Å². The van der Waals surface area contributed by atoms with Crippen molar-refractivity contribution in [1.82, 2.24) is 20.0 Å². The summed E-state index contributed by atoms with van der Waals surface area (Å²) < 4.78 is 15.7. The van der Waals surface area contributed by atoms with Gasteiger partial charge in [0, 0.05) is 31.7 Å². The number of ether oxygens (including phenoxy) is 2. The van der Waals surface area contributed by atoms with E-state index in [1.807, 2.05) is 0 Å². The average molecular weight is 360 g/mol. The Hall–Kier alpha value is -3.10. The third kappa shape index (κ3) is 3.76. The molecule has 0 spiro atoms. The number of aromatic nitrogens is 2. The summed E-state index contributed by atoms with van der Waals surface area (Å²) in [7, 11) is 1.57. The summed E-state index contributed by atoms with van der Waals surface area (Å²) in [5.41, 5.74) is 0.669. The summed E-state index contributed by atoms with van der Waals surface area (Å²) >= 11 is 0. The van der Waals surface area contributed by atoms with Crippen LogP contribution >= 0.6 is 0 Å². The van der Waals surface area contributed by atoms with Crippen molar-refractivity contribution < 1.29 is 23.5 Å². The molecule has 2 aromatic rings. The third-order valence-corrected chi connectivity index (χ3v) is 4.02. The van der Waals surface area contributed by atoms with Gasteiger partial charge in [0.1, 0.15) is 5.75 Å². The molecule has 1 aliphatic heterocycles. The Morgan fingerprint density at radius 3 is 2.58 bits per heavy atom. The summed E-state index contributed by atoms with van der Waals surface area (Å²) in [6.07, 6.45) is -0.363. The summed E-state index contributed by atoms with van der Waals surface area (Å²) in [6, 6.07) is 7.14. The molecule has 26 heavy (non-hydrogen) atoms. The molecular weight excluding hydrogens is 340 g/mol. The fourth-order valence-corrected chi connectivity index (χ4v) is 2.62. The van der Waals surface area contributed by atoms with Crippen molar-refractivity contribution in [2.45, 2.75) is 6.92 Å². The van der Waals surface area contributed by atoms with Gasteiger partial charge in [-0.3, -0.25) is 4.79 Å². The van der Waals surface area contributed by atoms with Crippen LogP contribution < -0.4 is 4.74 Å². The van der Waals surface area contributed by atoms with Crippen molar-refractivity contribution in [3.05, 3.63) is 30.2 Å². The van der Waals surface area contributed by atoms with Crippen LogP contribution in [0.15, 0.2) is 28.7 Å². The molecule has 0 atom stereocenters. The smallest absolute Gasteiger partial charge is 0.409 e. The van der Waals surface area contributed by atoms with Gasteiger partial charge in [0.05, 0.1) is 13.7 Å². The summed E-state index contributed by atoms with van der Waals surface area (Å²) in [4.78, 5) is 27.4. The summed E-state index contributed by atoms with van der Waals surface area (Å²) in [5.74, 6) is 0.476. The zero-order valence-electron chi connectivity index (χ0n) is 14.7. The topological polar surface area (TPSA) is 98.0 Å². The first-order valence-electron chi connectivity index (χ1n) is 8.31. The van der Waals surface area contributed by atoms with Crippen LogP contribution in [-0.4, -0.2) is 71.9 Å². The Labute approximate surface area is 150 Å². The van der Waals surface area contributed by atoms with Crippen molar-refractivity contribution >= 4 is 12.0 Å². The lowest BCUT2D eigenvalue weighted by Crippen LogP contribution is -2.50. The van der Waals surface area contributed by atoms with Crippen LogP contribution in [0, 0.1) is 0 Å². The van der Waals surface area contributed by atoms with Gasteiger partial charge < -0.3 is 23.7 Å². The lowest BCUT2D eigenvalue weighted by Gasteiger charge is -2.33. The molecule has 1 aliphatic rings. The third-order valence-electron chi connectivity index (χ3n) is 4.02. The van der Waals surface area contributed by atoms with Crippen LogP contribution in [-0.2, 0) is 4.74 Å². The number of carbonyl (C=O) groups excluding carboxylic acids is 2. The molecule has 0 N–H and O–H groups in total. The highest BCUT2D eigenvalue weighted by Crippen LogP contribution is 2.23. The van der Waals surface area contributed by atoms with Crippen LogP contribution in [0.4, 0.5) is 4.79 Å². The van der Waals surface area contributed by atoms with E-state index in [4.69, 9.17) is 13.9 Å². The zero-order chi connectivity index (χ0) is 18.5. The first kappa shape index (κ1) is 17.7. The Bertz CT molecular complexity index is 783. The number of benzene rings is 1. The Morgan fingerprint density at radius 1 is 1.15 bits per heavy atom. The van der Waals surface area contributed by atoms with Crippen molar-refractivity contribution in [3.8, 4) is 17.2 Å². The molecule has 1 aromatic heterocycles. The highest BCUT2D eigenvalue weighted by molar-refractivity contribution is 5.90. The number of methoxy groups -OCH3 is 1. The van der Waals surface area contributed by atoms with E-state index in [9.17, 15) is 9.59 Å². The van der Waals surface area contributed by atoms with Crippen LogP contribution in [0.1, 0.15) is 17.6 Å². The molecule has 1 fully saturated rings. The van der Waals surface area contributed by atoms with Gasteiger partial charge in [0.2, 0.25) is 5.89 Å². The number of hydrogen-bond donors (Lipinski definition) is 0. The van der Waals surface area contributed by atoms with Gasteiger partial charge in [-0.25, -0.2) is 4.79 Å². The number of piperazine rings is 1. The molecule has 0 radical (unpaired) electrons. The number of hydrogen-bond acceptors (Lipinski definition) is 7. The van der Waals surface area contributed by atoms with E-state index in [0.29, 0.717) is 44.1 Å². The normalized spacial score (nSPS) is 14.2. The largest absolute Gasteiger partial charge is 0.497 e. The van der Waals surface area contributed by atoms with Crippen LogP contribution in [0.2, 0.25) is 0 Å². The fraction of sp³-hybridized carbons (Fsp3) is 0.412. The molecule has 0 bridgehead atoms. The van der Waals surface area contributed by atoms with Gasteiger partial charge in [-0.2, -0.15) is 0 Å². The van der Waals surface area contributed by atoms with E-state index in [0.717, 1.165) is 0 Å². The number of amides is 2. The fourth-order valence-electron chi connectivity index (χ4n) is 2.62. The predicted molar refractivity (Wildman–Crippen MR) is 90.8 cm³/mol. The predicted octanol–water partition coefficient (Wildman–Crippen LogP) is 1.66. The maximum absolute atomic E-state index is 12.5. The van der Waals surface area contributed by atoms with E-state index >= 15 is 0 Å². The van der Waals surface area contributed by atoms with Crippen LogP contribution in [0.25, 0.3) is 11.5 Å². The quantitative estimate of drug-likeness (QED) is 0.818. The summed E-state index contributed by atoms with van der Waals surface area (Å²) in [5, 5.41) is 7.79. The van der Waals surface area contributed by atoms with Gasteiger partial charge in [0.25, 0.3) is 0 Å². The first-order valence-corrected chi connectivity index (χ1v) is 8.31. The van der Waals surface area contributed by atoms with Gasteiger partial charge in [-0.05, 0) is 25.1 Å². The monoisotopic (exact) mass is 360 g/mol. The maximum Gasteiger partial charge on any atom is 0.409 e. The van der Waals surface area contributed by atoms with Gasteiger partial charge in [-0.15, -0.1) is 10.2 Å². The summed E-state index contributed by atoms with van der Waals surface area (Å²) in [6.45, 7) is 3.66. The molecule has 0 saturated carbocycles. The highest BCUT2D eigenvalue weighted by atomic mass is 16.6. The van der Waals surface area contributed by atoms with Gasteiger partial charge >= 0.3 is 17.9 Å². The van der Waals surface area contributed by atoms with E-state index in [2.05, 4.69) is 10.2 Å². The molecule has 0 unspecified atom stereocenters. The lowest BCUT2D eigenvalue weighted by molar-refractivity contribution is 0.0540. The van der Waals surface area contributed by atoms with Crippen molar-refractivity contribution in [2.24, 2.45) is 0 Å². The molecule has 3 rings (SSSR count). The van der Waals surface area contributed by atoms with E-state index in [1.54, 1.807) is 48.1 Å². The first-order chi connectivity index (χ1) is 12.6. The maximum atomic E-state index is 12.5. The molecule has 1 aromatic carbocycles. The highest BCUT2D eigenvalue weighted by Gasteiger charge is 2.28. The molecule has 0 aliphatic carbocycles. The minimum Gasteiger partial charge on any atom is -0.497 e. The van der Waals surface area contributed by atoms with Gasteiger partial charge in [0.15, 0.2) is 0 Å². The number of rotatable bonds is 4. The van der Waals surface area contributed by atoms with Crippen molar-refractivity contribution in [2.75, 3.05) is 39.9 Å². The second-order valence-electron chi connectivity index (χ2n) is 5.62. The van der Waals surface area contributed by atoms with Crippen LogP contribution in [0.5, 0.6) is 5.75 Å². The van der Waals surface area contributed by atoms with E-state index in [-0.39, 0.29) is 23.8 Å². The molecule has 2 heterocycles. The average Bonchev–Trinajstić information content (AvgIpc) is 3.18. The van der Waals surface area contributed by atoms with Crippen molar-refractivity contribution in [1.29, 1.82) is 0 Å². The molecule has 9 heteroatoms. The second kappa shape index (κ2) is 7.85. The minimum absolute atomic E-state index is 0.0765. The lowest BCUT2D eigenvalue weighted by atomic mass is 10.2. The molecular formula is C17H20N4O5. The molecule has 2 amide bonds. The Kier molecular flexibility index (Phi) is 5.35. The second-order valence-corrected chi connectivity index (χ2v) is 5.62.